The van der Waals surface area contributed by atoms with Gasteiger partial charge in [0.05, 0.1) is 24.6 Å². The van der Waals surface area contributed by atoms with Crippen molar-refractivity contribution in [2.24, 2.45) is 0 Å². The third kappa shape index (κ3) is 3.07. The highest BCUT2D eigenvalue weighted by atomic mass is 19.4. The van der Waals surface area contributed by atoms with Gasteiger partial charge in [0.25, 0.3) is 11.8 Å². The molecule has 34 heavy (non-hydrogen) atoms. The zero-order chi connectivity index (χ0) is 24.4. The third-order valence-electron chi connectivity index (χ3n) is 5.78. The normalized spacial score (nSPS) is 20.0. The molecule has 0 spiro atoms. The monoisotopic (exact) mass is 478 g/mol. The van der Waals surface area contributed by atoms with Gasteiger partial charge in [0.15, 0.2) is 22.8 Å². The van der Waals surface area contributed by atoms with Crippen LogP contribution in [-0.4, -0.2) is 41.4 Å². The number of carbonyl (C=O) groups is 3. The largest absolute Gasteiger partial charge is 0.494 e. The molecule has 3 aromatic rings. The fourth-order valence-electron chi connectivity index (χ4n) is 4.22. The summed E-state index contributed by atoms with van der Waals surface area (Å²) in [5.41, 5.74) is -3.46. The van der Waals surface area contributed by atoms with Crippen LogP contribution in [0.4, 0.5) is 22.4 Å². The fourth-order valence-corrected chi connectivity index (χ4v) is 4.22. The number of hydrogen-bond donors (Lipinski definition) is 2. The number of alkyl halides is 3. The van der Waals surface area contributed by atoms with Gasteiger partial charge in [-0.1, -0.05) is 6.07 Å². The van der Waals surface area contributed by atoms with Gasteiger partial charge in [0, 0.05) is 12.7 Å². The molecule has 4 heterocycles. The number of benzene rings is 1. The summed E-state index contributed by atoms with van der Waals surface area (Å²) in [5.74, 6) is -3.11. The summed E-state index contributed by atoms with van der Waals surface area (Å²) in [4.78, 5) is 42.3. The van der Waals surface area contributed by atoms with Crippen molar-refractivity contribution in [2.45, 2.75) is 18.3 Å². The second kappa shape index (κ2) is 7.17. The molecule has 0 unspecified atom stereocenters. The van der Waals surface area contributed by atoms with Gasteiger partial charge >= 0.3 is 12.2 Å². The van der Waals surface area contributed by atoms with Crippen LogP contribution in [0.1, 0.15) is 27.4 Å². The van der Waals surface area contributed by atoms with Crippen molar-refractivity contribution >= 4 is 28.8 Å². The van der Waals surface area contributed by atoms with Crippen LogP contribution in [0, 0.1) is 5.82 Å². The molecule has 0 aliphatic carbocycles. The van der Waals surface area contributed by atoms with Gasteiger partial charge in [-0.2, -0.15) is 13.2 Å². The smallest absolute Gasteiger partial charge is 0.434 e. The highest BCUT2D eigenvalue weighted by Crippen LogP contribution is 2.39. The number of nitrogens with zero attached hydrogens (tertiary/aromatic N) is 2. The van der Waals surface area contributed by atoms with E-state index < -0.39 is 53.0 Å². The molecule has 5 rings (SSSR count). The van der Waals surface area contributed by atoms with E-state index in [4.69, 9.17) is 9.15 Å². The van der Waals surface area contributed by atoms with Gasteiger partial charge in [-0.25, -0.2) is 9.18 Å². The summed E-state index contributed by atoms with van der Waals surface area (Å²) in [7, 11) is 1.24. The first-order valence-electron chi connectivity index (χ1n) is 9.79. The van der Waals surface area contributed by atoms with E-state index in [0.717, 1.165) is 17.2 Å². The molecule has 0 radical (unpaired) electrons. The molecule has 2 aromatic heterocycles. The van der Waals surface area contributed by atoms with E-state index >= 15 is 0 Å². The Bertz CT molecular complexity index is 1390. The van der Waals surface area contributed by atoms with E-state index in [0.29, 0.717) is 5.56 Å². The topological polar surface area (TPSA) is 114 Å². The number of rotatable bonds is 4. The number of ether oxygens (including phenoxy) is 1. The molecule has 0 saturated carbocycles. The van der Waals surface area contributed by atoms with Crippen LogP contribution >= 0.6 is 0 Å². The zero-order valence-electron chi connectivity index (χ0n) is 17.2. The van der Waals surface area contributed by atoms with Crippen molar-refractivity contribution in [1.29, 1.82) is 0 Å². The predicted octanol–water partition coefficient (Wildman–Crippen LogP) is 2.68. The highest BCUT2D eigenvalue weighted by molar-refractivity contribution is 6.08. The number of methoxy groups -OCH3 is 1. The maximum atomic E-state index is 14.7. The quantitative estimate of drug-likeness (QED) is 0.441. The summed E-state index contributed by atoms with van der Waals surface area (Å²) in [6.45, 7) is -0.649. The number of urea groups is 1. The molecule has 1 saturated heterocycles. The summed E-state index contributed by atoms with van der Waals surface area (Å²) in [6.07, 6.45) is -3.91. The average Bonchev–Trinajstić information content (AvgIpc) is 3.42. The molecular weight excluding hydrogens is 464 g/mol. The Morgan fingerprint density at radius 2 is 2.00 bits per heavy atom. The molecule has 0 bridgehead atoms. The number of aromatic nitrogens is 1. The Balaban J connectivity index is 1.59. The molecule has 2 aliphatic heterocycles. The van der Waals surface area contributed by atoms with Crippen LogP contribution in [-0.2, 0) is 23.1 Å². The molecule has 13 heteroatoms. The van der Waals surface area contributed by atoms with Crippen LogP contribution in [0.25, 0.3) is 11.0 Å². The van der Waals surface area contributed by atoms with Gasteiger partial charge in [0.1, 0.15) is 11.3 Å². The number of imide groups is 1. The first-order chi connectivity index (χ1) is 16.0. The summed E-state index contributed by atoms with van der Waals surface area (Å²) < 4.78 is 65.4. The van der Waals surface area contributed by atoms with Gasteiger partial charge in [-0.05, 0) is 23.8 Å². The van der Waals surface area contributed by atoms with Gasteiger partial charge in [-0.15, -0.1) is 0 Å². The van der Waals surface area contributed by atoms with Crippen molar-refractivity contribution < 1.29 is 41.1 Å². The second-order valence-corrected chi connectivity index (χ2v) is 7.77. The van der Waals surface area contributed by atoms with Crippen molar-refractivity contribution in [1.82, 2.24) is 20.5 Å². The van der Waals surface area contributed by atoms with Gasteiger partial charge in [0.2, 0.25) is 0 Å². The Labute approximate surface area is 187 Å². The Kier molecular flexibility index (Phi) is 4.57. The Hall–Kier alpha value is -4.16. The van der Waals surface area contributed by atoms with E-state index in [1.165, 1.54) is 25.3 Å². The number of fused-ring (bicyclic) bond motifs is 2. The van der Waals surface area contributed by atoms with E-state index in [1.807, 2.05) is 5.32 Å². The maximum absolute atomic E-state index is 14.7. The number of amides is 4. The van der Waals surface area contributed by atoms with Crippen LogP contribution < -0.4 is 15.4 Å². The van der Waals surface area contributed by atoms with E-state index in [2.05, 4.69) is 10.3 Å². The SMILES string of the molecule is COc1ccc2c(c1F)C(=O)N(C[C@@]1(c3cc4c(C(F)(F)F)nccc4o3)NC(=O)NC1=O)C2. The van der Waals surface area contributed by atoms with Crippen LogP contribution in [0.3, 0.4) is 0 Å². The molecule has 2 aliphatic rings. The van der Waals surface area contributed by atoms with Crippen LogP contribution in [0.15, 0.2) is 34.9 Å². The lowest BCUT2D eigenvalue weighted by molar-refractivity contribution is -0.139. The first kappa shape index (κ1) is 21.7. The van der Waals surface area contributed by atoms with Crippen LogP contribution in [0.2, 0.25) is 0 Å². The van der Waals surface area contributed by atoms with Gasteiger partial charge in [-0.3, -0.25) is 19.9 Å². The predicted molar refractivity (Wildman–Crippen MR) is 105 cm³/mol. The van der Waals surface area contributed by atoms with Crippen LogP contribution in [0.5, 0.6) is 5.75 Å². The van der Waals surface area contributed by atoms with Crippen molar-refractivity contribution in [3.63, 3.8) is 0 Å². The van der Waals surface area contributed by atoms with Crippen molar-refractivity contribution in [2.75, 3.05) is 13.7 Å². The molecule has 176 valence electrons. The fraction of sp³-hybridized carbons (Fsp3) is 0.238. The molecule has 1 aromatic carbocycles. The Morgan fingerprint density at radius 1 is 1.24 bits per heavy atom. The highest BCUT2D eigenvalue weighted by Gasteiger charge is 2.53. The maximum Gasteiger partial charge on any atom is 0.434 e. The minimum absolute atomic E-state index is 0.116. The minimum atomic E-state index is -4.81. The zero-order valence-corrected chi connectivity index (χ0v) is 17.2. The number of nitrogens with one attached hydrogen (secondary N) is 2. The summed E-state index contributed by atoms with van der Waals surface area (Å²) >= 11 is 0. The van der Waals surface area contributed by atoms with Crippen molar-refractivity contribution in [3.05, 3.63) is 58.9 Å². The first-order valence-corrected chi connectivity index (χ1v) is 9.79. The molecular formula is C21H14F4N4O5. The lowest BCUT2D eigenvalue weighted by atomic mass is 9.95. The third-order valence-corrected chi connectivity index (χ3v) is 5.78. The van der Waals surface area contributed by atoms with E-state index in [9.17, 15) is 31.9 Å². The minimum Gasteiger partial charge on any atom is -0.494 e. The average molecular weight is 478 g/mol. The second-order valence-electron chi connectivity index (χ2n) is 7.77. The standard InChI is InChI=1S/C21H14F4N4O5/c1-33-12-3-2-9-7-29(17(30)14(9)15(12)22)8-20(18(31)27-19(32)28-20)13-6-10-11(34-13)4-5-26-16(10)21(23,24)25/h2-6H,7-8H2,1H3,(H2,27,28,31,32)/t20-/m0/s1. The molecule has 4 amide bonds. The number of furan rings is 1. The number of carbonyl (C=O) groups excluding carboxylic acids is 3. The molecule has 2 N–H and O–H groups in total. The molecule has 1 fully saturated rings. The summed E-state index contributed by atoms with van der Waals surface area (Å²) in [5, 5.41) is 3.95. The lowest BCUT2D eigenvalue weighted by Crippen LogP contribution is -2.52. The van der Waals surface area contributed by atoms with E-state index in [-0.39, 0.29) is 29.2 Å². The molecule has 1 atom stereocenters. The number of halogens is 4. The van der Waals surface area contributed by atoms with E-state index in [1.54, 1.807) is 0 Å². The Morgan fingerprint density at radius 3 is 2.65 bits per heavy atom. The number of hydrogen-bond acceptors (Lipinski definition) is 6. The summed E-state index contributed by atoms with van der Waals surface area (Å²) in [6, 6.07) is 4.02. The molecule has 9 nitrogen and oxygen atoms in total. The van der Waals surface area contributed by atoms with Crippen molar-refractivity contribution in [3.8, 4) is 5.75 Å². The number of pyridine rings is 1. The lowest BCUT2D eigenvalue weighted by Gasteiger charge is -2.29. The van der Waals surface area contributed by atoms with Gasteiger partial charge < -0.3 is 19.4 Å².